The van der Waals surface area contributed by atoms with Crippen molar-refractivity contribution < 1.29 is 14.3 Å². The van der Waals surface area contributed by atoms with E-state index in [9.17, 15) is 4.79 Å². The molecule has 1 heterocycles. The molecule has 1 N–H and O–H groups in total. The van der Waals surface area contributed by atoms with Crippen LogP contribution >= 0.6 is 15.9 Å². The Morgan fingerprint density at radius 1 is 1.35 bits per heavy atom. The van der Waals surface area contributed by atoms with Gasteiger partial charge in [-0.25, -0.2) is 9.78 Å². The molecule has 0 saturated heterocycles. The van der Waals surface area contributed by atoms with Crippen molar-refractivity contribution in [1.82, 2.24) is 4.98 Å². The molecular formula is C14H13BrN2O3. The number of amides is 1. The van der Waals surface area contributed by atoms with E-state index < -0.39 is 6.09 Å². The lowest BCUT2D eigenvalue weighted by atomic mass is 10.2. The van der Waals surface area contributed by atoms with Gasteiger partial charge in [0.2, 0.25) is 0 Å². The highest BCUT2D eigenvalue weighted by Crippen LogP contribution is 2.24. The Morgan fingerprint density at radius 3 is 2.80 bits per heavy atom. The van der Waals surface area contributed by atoms with Crippen LogP contribution in [0.1, 0.15) is 5.56 Å². The van der Waals surface area contributed by atoms with Crippen molar-refractivity contribution in [2.75, 3.05) is 12.4 Å². The third-order valence-electron chi connectivity index (χ3n) is 2.50. The Hall–Kier alpha value is -2.08. The number of anilines is 1. The van der Waals surface area contributed by atoms with Crippen LogP contribution in [0.25, 0.3) is 0 Å². The average Bonchev–Trinajstić information content (AvgIpc) is 2.48. The monoisotopic (exact) mass is 336 g/mol. The summed E-state index contributed by atoms with van der Waals surface area (Å²) in [7, 11) is 1.53. The smallest absolute Gasteiger partial charge is 0.412 e. The van der Waals surface area contributed by atoms with Crippen molar-refractivity contribution in [2.45, 2.75) is 6.61 Å². The first-order valence-corrected chi connectivity index (χ1v) is 6.65. The maximum atomic E-state index is 11.7. The zero-order chi connectivity index (χ0) is 14.4. The molecule has 0 unspecified atom stereocenters. The Balaban J connectivity index is 1.94. The van der Waals surface area contributed by atoms with Gasteiger partial charge >= 0.3 is 6.09 Å². The number of carbonyl (C=O) groups is 1. The standard InChI is InChI=1S/C14H13BrN2O3/c1-19-11-7-12(13(15)16-8-11)17-14(18)20-9-10-5-3-2-4-6-10/h2-8H,9H2,1H3,(H,17,18). The Labute approximate surface area is 125 Å². The number of aromatic nitrogens is 1. The van der Waals surface area contributed by atoms with Crippen LogP contribution in [0.5, 0.6) is 5.75 Å². The van der Waals surface area contributed by atoms with Crippen molar-refractivity contribution in [3.05, 3.63) is 52.8 Å². The maximum absolute atomic E-state index is 11.7. The zero-order valence-electron chi connectivity index (χ0n) is 10.8. The van der Waals surface area contributed by atoms with Gasteiger partial charge in [-0.05, 0) is 21.5 Å². The number of pyridine rings is 1. The van der Waals surface area contributed by atoms with Gasteiger partial charge in [-0.1, -0.05) is 30.3 Å². The second kappa shape index (κ2) is 6.91. The lowest BCUT2D eigenvalue weighted by Crippen LogP contribution is -2.14. The molecule has 0 aliphatic carbocycles. The minimum absolute atomic E-state index is 0.210. The van der Waals surface area contributed by atoms with Crippen molar-refractivity contribution in [3.8, 4) is 5.75 Å². The number of methoxy groups -OCH3 is 1. The van der Waals surface area contributed by atoms with Crippen LogP contribution in [0.2, 0.25) is 0 Å². The van der Waals surface area contributed by atoms with E-state index in [2.05, 4.69) is 26.2 Å². The SMILES string of the molecule is COc1cnc(Br)c(NC(=O)OCc2ccccc2)c1. The van der Waals surface area contributed by atoms with E-state index >= 15 is 0 Å². The molecule has 1 amide bonds. The highest BCUT2D eigenvalue weighted by atomic mass is 79.9. The number of hydrogen-bond donors (Lipinski definition) is 1. The summed E-state index contributed by atoms with van der Waals surface area (Å²) in [5, 5.41) is 2.60. The Bertz CT molecular complexity index is 590. The van der Waals surface area contributed by atoms with Gasteiger partial charge in [0, 0.05) is 6.07 Å². The van der Waals surface area contributed by atoms with E-state index in [1.54, 1.807) is 12.3 Å². The van der Waals surface area contributed by atoms with Crippen LogP contribution in [0.4, 0.5) is 10.5 Å². The average molecular weight is 337 g/mol. The second-order valence-electron chi connectivity index (χ2n) is 3.90. The summed E-state index contributed by atoms with van der Waals surface area (Å²) in [6.45, 7) is 0.210. The van der Waals surface area contributed by atoms with Crippen LogP contribution < -0.4 is 10.1 Å². The van der Waals surface area contributed by atoms with E-state index in [-0.39, 0.29) is 6.61 Å². The summed E-state index contributed by atoms with van der Waals surface area (Å²) in [5.74, 6) is 0.548. The molecule has 20 heavy (non-hydrogen) atoms. The van der Waals surface area contributed by atoms with Crippen molar-refractivity contribution in [3.63, 3.8) is 0 Å². The normalized spacial score (nSPS) is 9.90. The first-order chi connectivity index (χ1) is 9.69. The van der Waals surface area contributed by atoms with Crippen LogP contribution in [-0.2, 0) is 11.3 Å². The highest BCUT2D eigenvalue weighted by Gasteiger charge is 2.09. The third-order valence-corrected chi connectivity index (χ3v) is 3.13. The predicted octanol–water partition coefficient (Wildman–Crippen LogP) is 3.60. The van der Waals surface area contributed by atoms with Crippen LogP contribution in [0.15, 0.2) is 47.2 Å². The Morgan fingerprint density at radius 2 is 2.10 bits per heavy atom. The molecule has 1 aromatic carbocycles. The summed E-state index contributed by atoms with van der Waals surface area (Å²) in [6, 6.07) is 11.1. The fourth-order valence-corrected chi connectivity index (χ4v) is 1.81. The number of nitrogens with zero attached hydrogens (tertiary/aromatic N) is 1. The summed E-state index contributed by atoms with van der Waals surface area (Å²) in [4.78, 5) is 15.8. The molecular weight excluding hydrogens is 324 g/mol. The van der Waals surface area contributed by atoms with Crippen LogP contribution in [0, 0.1) is 0 Å². The van der Waals surface area contributed by atoms with Gasteiger partial charge in [-0.2, -0.15) is 0 Å². The molecule has 0 fully saturated rings. The maximum Gasteiger partial charge on any atom is 0.412 e. The minimum atomic E-state index is -0.551. The number of halogens is 1. The van der Waals surface area contributed by atoms with Gasteiger partial charge < -0.3 is 9.47 Å². The largest absolute Gasteiger partial charge is 0.495 e. The van der Waals surface area contributed by atoms with Gasteiger partial charge in [0.1, 0.15) is 17.0 Å². The molecule has 0 aliphatic rings. The van der Waals surface area contributed by atoms with Gasteiger partial charge in [-0.3, -0.25) is 5.32 Å². The quantitative estimate of drug-likeness (QED) is 0.866. The highest BCUT2D eigenvalue weighted by molar-refractivity contribution is 9.10. The molecule has 104 valence electrons. The van der Waals surface area contributed by atoms with Gasteiger partial charge in [-0.15, -0.1) is 0 Å². The second-order valence-corrected chi connectivity index (χ2v) is 4.65. The molecule has 0 bridgehead atoms. The number of ether oxygens (including phenoxy) is 2. The summed E-state index contributed by atoms with van der Waals surface area (Å²) in [6.07, 6.45) is 0.995. The lowest BCUT2D eigenvalue weighted by molar-refractivity contribution is 0.155. The third kappa shape index (κ3) is 3.96. The van der Waals surface area contributed by atoms with E-state index in [0.29, 0.717) is 16.0 Å². The first kappa shape index (κ1) is 14.3. The van der Waals surface area contributed by atoms with Gasteiger partial charge in [0.15, 0.2) is 0 Å². The summed E-state index contributed by atoms with van der Waals surface area (Å²) >= 11 is 3.25. The summed E-state index contributed by atoms with van der Waals surface area (Å²) in [5.41, 5.74) is 1.41. The van der Waals surface area contributed by atoms with Gasteiger partial charge in [0.05, 0.1) is 19.0 Å². The number of hydrogen-bond acceptors (Lipinski definition) is 4. The first-order valence-electron chi connectivity index (χ1n) is 5.86. The molecule has 0 spiro atoms. The number of carbonyl (C=O) groups excluding carboxylic acids is 1. The lowest BCUT2D eigenvalue weighted by Gasteiger charge is -2.09. The fourth-order valence-electron chi connectivity index (χ4n) is 1.50. The predicted molar refractivity (Wildman–Crippen MR) is 78.7 cm³/mol. The molecule has 6 heteroatoms. The Kier molecular flexibility index (Phi) is 4.95. The van der Waals surface area contributed by atoms with Crippen molar-refractivity contribution in [1.29, 1.82) is 0 Å². The summed E-state index contributed by atoms with van der Waals surface area (Å²) < 4.78 is 10.7. The van der Waals surface area contributed by atoms with Crippen molar-refractivity contribution in [2.24, 2.45) is 0 Å². The van der Waals surface area contributed by atoms with Crippen molar-refractivity contribution >= 4 is 27.7 Å². The number of rotatable bonds is 4. The van der Waals surface area contributed by atoms with Crippen LogP contribution in [0.3, 0.4) is 0 Å². The molecule has 0 saturated carbocycles. The van der Waals surface area contributed by atoms with Gasteiger partial charge in [0.25, 0.3) is 0 Å². The molecule has 0 radical (unpaired) electrons. The van der Waals surface area contributed by atoms with E-state index in [1.807, 2.05) is 30.3 Å². The number of benzene rings is 1. The van der Waals surface area contributed by atoms with E-state index in [4.69, 9.17) is 9.47 Å². The molecule has 0 aliphatic heterocycles. The van der Waals surface area contributed by atoms with E-state index in [0.717, 1.165) is 5.56 Å². The molecule has 0 atom stereocenters. The molecule has 2 rings (SSSR count). The number of nitrogens with one attached hydrogen (secondary N) is 1. The fraction of sp³-hybridized carbons (Fsp3) is 0.143. The van der Waals surface area contributed by atoms with Crippen LogP contribution in [-0.4, -0.2) is 18.2 Å². The zero-order valence-corrected chi connectivity index (χ0v) is 12.4. The topological polar surface area (TPSA) is 60.5 Å². The molecule has 5 nitrogen and oxygen atoms in total. The molecule has 2 aromatic rings. The molecule has 1 aromatic heterocycles. The minimum Gasteiger partial charge on any atom is -0.495 e. The van der Waals surface area contributed by atoms with E-state index in [1.165, 1.54) is 7.11 Å².